The smallest absolute Gasteiger partial charge is 0.408 e. The highest BCUT2D eigenvalue weighted by molar-refractivity contribution is 7.91. The lowest BCUT2D eigenvalue weighted by Crippen LogP contribution is -2.60. The first-order valence-corrected chi connectivity index (χ1v) is 21.7. The molecule has 2 aromatic rings. The summed E-state index contributed by atoms with van der Waals surface area (Å²) in [5.74, 6) is -2.09. The van der Waals surface area contributed by atoms with Crippen LogP contribution in [0.4, 0.5) is 26.6 Å². The summed E-state index contributed by atoms with van der Waals surface area (Å²) >= 11 is 0. The molecule has 0 spiro atoms. The number of nitrogens with one attached hydrogen (secondary N) is 4. The predicted molar refractivity (Wildman–Crippen MR) is 212 cm³/mol. The first kappa shape index (κ1) is 41.2. The molecule has 18 heteroatoms. The summed E-state index contributed by atoms with van der Waals surface area (Å²) in [5.41, 5.74) is -1.86. The van der Waals surface area contributed by atoms with Crippen molar-refractivity contribution in [1.29, 1.82) is 0 Å². The third kappa shape index (κ3) is 9.31. The van der Waals surface area contributed by atoms with E-state index in [4.69, 9.17) is 9.47 Å². The molecule has 3 aliphatic carbocycles. The van der Waals surface area contributed by atoms with Gasteiger partial charge in [-0.2, -0.15) is 9.97 Å². The van der Waals surface area contributed by atoms with Gasteiger partial charge in [0.1, 0.15) is 41.5 Å². The first-order valence-electron chi connectivity index (χ1n) is 20.2. The molecule has 5 aliphatic rings. The summed E-state index contributed by atoms with van der Waals surface area (Å²) in [6.45, 7) is 10.6. The number of hydrogen-bond acceptors (Lipinski definition) is 12. The van der Waals surface area contributed by atoms with Gasteiger partial charge in [0.2, 0.25) is 33.7 Å². The average molecular weight is 825 g/mol. The SMILES string of the molecule is C=C[C@@H]1C[C@]1(NC(=O)[C@@H]1C[C@@H](Oc2cc(N3CCCC3)nc(Nc3ccc(F)cc3)n2)CN1C(=O)[C@@H](NC(=O)OC1CCCC1)C(C)(C)C)C(=O)NS(=O)(=O)C1CC1. The lowest BCUT2D eigenvalue weighted by atomic mass is 9.85. The summed E-state index contributed by atoms with van der Waals surface area (Å²) in [6.07, 6.45) is 6.03. The van der Waals surface area contributed by atoms with Crippen LogP contribution in [0.3, 0.4) is 0 Å². The highest BCUT2D eigenvalue weighted by Gasteiger charge is 2.62. The highest BCUT2D eigenvalue weighted by Crippen LogP contribution is 2.45. The molecule has 2 aliphatic heterocycles. The third-order valence-electron chi connectivity index (χ3n) is 11.6. The van der Waals surface area contributed by atoms with Gasteiger partial charge < -0.3 is 35.2 Å². The lowest BCUT2D eigenvalue weighted by Gasteiger charge is -2.35. The second-order valence-electron chi connectivity index (χ2n) is 17.1. The molecule has 0 radical (unpaired) electrons. The molecule has 2 saturated heterocycles. The Kier molecular flexibility index (Phi) is 11.6. The van der Waals surface area contributed by atoms with Crippen molar-refractivity contribution < 1.29 is 41.5 Å². The maximum Gasteiger partial charge on any atom is 0.408 e. The van der Waals surface area contributed by atoms with Crippen molar-refractivity contribution in [2.24, 2.45) is 11.3 Å². The Hall–Kier alpha value is -5.00. The van der Waals surface area contributed by atoms with Crippen LogP contribution in [0.1, 0.15) is 85.0 Å². The molecule has 16 nitrogen and oxygen atoms in total. The van der Waals surface area contributed by atoms with Crippen LogP contribution in [0.5, 0.6) is 5.88 Å². The molecule has 7 rings (SSSR count). The van der Waals surface area contributed by atoms with Gasteiger partial charge >= 0.3 is 6.09 Å². The van der Waals surface area contributed by atoms with Gasteiger partial charge in [-0.15, -0.1) is 6.58 Å². The van der Waals surface area contributed by atoms with Crippen molar-refractivity contribution in [3.05, 3.63) is 48.8 Å². The fourth-order valence-corrected chi connectivity index (χ4v) is 9.35. The van der Waals surface area contributed by atoms with Gasteiger partial charge in [0, 0.05) is 37.2 Å². The van der Waals surface area contributed by atoms with Crippen LogP contribution in [-0.4, -0.2) is 102 Å². The van der Waals surface area contributed by atoms with Gasteiger partial charge in [-0.25, -0.2) is 17.6 Å². The fraction of sp³-hybridized carbons (Fsp3) is 0.600. The van der Waals surface area contributed by atoms with Crippen LogP contribution in [0, 0.1) is 17.2 Å². The van der Waals surface area contributed by atoms with Crippen LogP contribution in [-0.2, 0) is 29.1 Å². The molecule has 4 N–H and O–H groups in total. The Labute approximate surface area is 338 Å². The van der Waals surface area contributed by atoms with E-state index in [9.17, 15) is 32.0 Å². The number of rotatable bonds is 14. The van der Waals surface area contributed by atoms with Crippen molar-refractivity contribution in [3.63, 3.8) is 0 Å². The van der Waals surface area contributed by atoms with E-state index in [0.29, 0.717) is 24.3 Å². The van der Waals surface area contributed by atoms with E-state index in [1.54, 1.807) is 39.0 Å². The molecular formula is C40H53FN8O8S. The number of aromatic nitrogens is 2. The van der Waals surface area contributed by atoms with Crippen molar-refractivity contribution >= 4 is 51.3 Å². The Bertz CT molecular complexity index is 2010. The topological polar surface area (TPSA) is 201 Å². The van der Waals surface area contributed by atoms with E-state index >= 15 is 0 Å². The minimum atomic E-state index is -3.93. The van der Waals surface area contributed by atoms with Gasteiger partial charge in [-0.3, -0.25) is 19.1 Å². The lowest BCUT2D eigenvalue weighted by molar-refractivity contribution is -0.143. The number of amides is 4. The van der Waals surface area contributed by atoms with Crippen LogP contribution in [0.15, 0.2) is 43.0 Å². The summed E-state index contributed by atoms with van der Waals surface area (Å²) in [6, 6.07) is 5.11. The number of halogens is 1. The maximum atomic E-state index is 14.7. The number of hydrogen-bond donors (Lipinski definition) is 4. The quantitative estimate of drug-likeness (QED) is 0.200. The standard InChI is InChI=1S/C40H53FN8O8S/c1-5-24-22-40(24,36(52)47-58(54,55)29-16-17-29)46-34(50)30-20-28(23-49(30)35(51)33(39(2,3)4)45-38(53)57-27-10-6-7-11-27)56-32-21-31(48-18-8-9-19-48)43-37(44-32)42-26-14-12-25(41)13-15-26/h5,12-15,21,24,27-30,33H,1,6-11,16-20,22-23H2,2-4H3,(H,45,53)(H,46,50)(H,47,52)(H,42,43,44)/t24-,28-,30+,33-,40-/m1/s1. The Morgan fingerprint density at radius 3 is 2.31 bits per heavy atom. The van der Waals surface area contributed by atoms with Crippen molar-refractivity contribution in [2.75, 3.05) is 29.9 Å². The molecule has 3 saturated carbocycles. The highest BCUT2D eigenvalue weighted by atomic mass is 32.2. The minimum Gasteiger partial charge on any atom is -0.472 e. The van der Waals surface area contributed by atoms with Crippen LogP contribution in [0.25, 0.3) is 0 Å². The average Bonchev–Trinajstić information content (AvgIpc) is 3.92. The summed E-state index contributed by atoms with van der Waals surface area (Å²) in [4.78, 5) is 68.5. The van der Waals surface area contributed by atoms with Crippen LogP contribution >= 0.6 is 0 Å². The van der Waals surface area contributed by atoms with E-state index in [0.717, 1.165) is 51.6 Å². The minimum absolute atomic E-state index is 0.0262. The second-order valence-corrected chi connectivity index (χ2v) is 19.1. The number of ether oxygens (including phenoxy) is 2. The van der Waals surface area contributed by atoms with Crippen molar-refractivity contribution in [2.45, 2.75) is 120 Å². The molecule has 0 bridgehead atoms. The zero-order valence-corrected chi connectivity index (χ0v) is 34.0. The number of carbonyl (C=O) groups excluding carboxylic acids is 4. The molecular weight excluding hydrogens is 772 g/mol. The molecule has 1 aromatic heterocycles. The van der Waals surface area contributed by atoms with Crippen LogP contribution in [0.2, 0.25) is 0 Å². The number of carbonyl (C=O) groups is 4. The number of alkyl carbamates (subject to hydrolysis) is 1. The molecule has 3 heterocycles. The largest absolute Gasteiger partial charge is 0.472 e. The zero-order chi connectivity index (χ0) is 41.4. The van der Waals surface area contributed by atoms with Crippen LogP contribution < -0.4 is 30.3 Å². The van der Waals surface area contributed by atoms with E-state index in [1.165, 1.54) is 23.1 Å². The molecule has 5 atom stereocenters. The fourth-order valence-electron chi connectivity index (χ4n) is 7.99. The number of benzene rings is 1. The molecule has 0 unspecified atom stereocenters. The first-order chi connectivity index (χ1) is 27.5. The zero-order valence-electron chi connectivity index (χ0n) is 33.2. The molecule has 314 valence electrons. The predicted octanol–water partition coefficient (Wildman–Crippen LogP) is 4.06. The van der Waals surface area contributed by atoms with E-state index < -0.39 is 80.0 Å². The van der Waals surface area contributed by atoms with E-state index in [-0.39, 0.29) is 37.3 Å². The van der Waals surface area contributed by atoms with Crippen molar-refractivity contribution in [1.82, 2.24) is 30.2 Å². The third-order valence-corrected chi connectivity index (χ3v) is 13.4. The van der Waals surface area contributed by atoms with E-state index in [2.05, 4.69) is 42.1 Å². The van der Waals surface area contributed by atoms with E-state index in [1.807, 2.05) is 0 Å². The Morgan fingerprint density at radius 1 is 1.00 bits per heavy atom. The summed E-state index contributed by atoms with van der Waals surface area (Å²) in [5, 5.41) is 8.01. The Morgan fingerprint density at radius 2 is 1.69 bits per heavy atom. The maximum absolute atomic E-state index is 14.7. The van der Waals surface area contributed by atoms with Gasteiger partial charge in [-0.1, -0.05) is 26.8 Å². The molecule has 5 fully saturated rings. The van der Waals surface area contributed by atoms with Gasteiger partial charge in [0.25, 0.3) is 5.91 Å². The number of sulfonamides is 1. The normalized spacial score (nSPS) is 25.1. The van der Waals surface area contributed by atoms with Gasteiger partial charge in [0.15, 0.2) is 0 Å². The molecule has 1 aromatic carbocycles. The monoisotopic (exact) mass is 824 g/mol. The van der Waals surface area contributed by atoms with Crippen molar-refractivity contribution in [3.8, 4) is 5.88 Å². The number of nitrogens with zero attached hydrogens (tertiary/aromatic N) is 4. The molecule has 58 heavy (non-hydrogen) atoms. The summed E-state index contributed by atoms with van der Waals surface area (Å²) < 4.78 is 53.5. The number of likely N-dealkylation sites (tertiary alicyclic amines) is 1. The van der Waals surface area contributed by atoms with Gasteiger partial charge in [-0.05, 0) is 87.5 Å². The Balaban J connectivity index is 1.16. The molecule has 4 amide bonds. The second kappa shape index (κ2) is 16.3. The number of anilines is 3. The summed E-state index contributed by atoms with van der Waals surface area (Å²) in [7, 11) is -3.93. The van der Waals surface area contributed by atoms with Gasteiger partial charge in [0.05, 0.1) is 11.8 Å².